The highest BCUT2D eigenvalue weighted by Gasteiger charge is 2.20. The third-order valence-electron chi connectivity index (χ3n) is 3.10. The van der Waals surface area contributed by atoms with E-state index in [1.54, 1.807) is 12.1 Å². The Labute approximate surface area is 137 Å². The van der Waals surface area contributed by atoms with E-state index in [0.717, 1.165) is 0 Å². The summed E-state index contributed by atoms with van der Waals surface area (Å²) in [6.07, 6.45) is 0. The van der Waals surface area contributed by atoms with Gasteiger partial charge in [-0.25, -0.2) is 9.18 Å². The fraction of sp³-hybridized carbons (Fsp3) is 0.176. The molecule has 0 saturated carbocycles. The first-order valence-electron chi connectivity index (χ1n) is 7.05. The predicted octanol–water partition coefficient (Wildman–Crippen LogP) is 2.45. The molecule has 0 bridgehead atoms. The number of benzene rings is 2. The van der Waals surface area contributed by atoms with Gasteiger partial charge in [-0.3, -0.25) is 4.79 Å². The van der Waals surface area contributed by atoms with E-state index in [0.29, 0.717) is 11.5 Å². The number of nitrogens with one attached hydrogen (secondary N) is 1. The van der Waals surface area contributed by atoms with E-state index in [2.05, 4.69) is 5.32 Å². The Bertz CT molecular complexity index is 700. The van der Waals surface area contributed by atoms with Gasteiger partial charge in [0.25, 0.3) is 5.91 Å². The number of carbonyl (C=O) groups is 2. The van der Waals surface area contributed by atoms with Gasteiger partial charge in [-0.1, -0.05) is 0 Å². The van der Waals surface area contributed by atoms with Gasteiger partial charge in [0.2, 0.25) is 0 Å². The minimum atomic E-state index is -1.18. The predicted molar refractivity (Wildman–Crippen MR) is 83.7 cm³/mol. The standard InChI is InChI=1S/C17H16FNO5/c1-23-10-15(17(21)22)19-16(20)11-2-6-13(7-3-11)24-14-8-4-12(18)5-9-14/h2-9,15H,10H2,1H3,(H,19,20)(H,21,22)/t15-/m0/s1. The Morgan fingerprint density at radius 2 is 1.62 bits per heavy atom. The lowest BCUT2D eigenvalue weighted by Crippen LogP contribution is -2.43. The van der Waals surface area contributed by atoms with Crippen molar-refractivity contribution in [1.29, 1.82) is 0 Å². The van der Waals surface area contributed by atoms with Gasteiger partial charge in [0, 0.05) is 12.7 Å². The molecule has 24 heavy (non-hydrogen) atoms. The van der Waals surface area contributed by atoms with Crippen LogP contribution in [0.4, 0.5) is 4.39 Å². The Hall–Kier alpha value is -2.93. The van der Waals surface area contributed by atoms with Crippen molar-refractivity contribution in [2.24, 2.45) is 0 Å². The van der Waals surface area contributed by atoms with Crippen molar-refractivity contribution in [2.75, 3.05) is 13.7 Å². The Kier molecular flexibility index (Phi) is 5.86. The molecule has 0 aromatic heterocycles. The van der Waals surface area contributed by atoms with Crippen LogP contribution in [-0.2, 0) is 9.53 Å². The van der Waals surface area contributed by atoms with Crippen molar-refractivity contribution in [3.63, 3.8) is 0 Å². The second-order valence-corrected chi connectivity index (χ2v) is 4.90. The van der Waals surface area contributed by atoms with Crippen LogP contribution in [0.3, 0.4) is 0 Å². The molecule has 2 aromatic rings. The van der Waals surface area contributed by atoms with Crippen molar-refractivity contribution in [1.82, 2.24) is 5.32 Å². The first-order valence-corrected chi connectivity index (χ1v) is 7.05. The number of aliphatic carboxylic acids is 1. The Morgan fingerprint density at radius 3 is 2.12 bits per heavy atom. The lowest BCUT2D eigenvalue weighted by atomic mass is 10.2. The van der Waals surface area contributed by atoms with E-state index in [1.807, 2.05) is 0 Å². The minimum absolute atomic E-state index is 0.132. The van der Waals surface area contributed by atoms with E-state index < -0.39 is 17.9 Å². The average Bonchev–Trinajstić information content (AvgIpc) is 2.57. The third kappa shape index (κ3) is 4.79. The van der Waals surface area contributed by atoms with Gasteiger partial charge < -0.3 is 19.9 Å². The number of carboxylic acids is 1. The van der Waals surface area contributed by atoms with Gasteiger partial charge in [-0.15, -0.1) is 0 Å². The summed E-state index contributed by atoms with van der Waals surface area (Å²) >= 11 is 0. The van der Waals surface area contributed by atoms with Gasteiger partial charge in [-0.05, 0) is 48.5 Å². The zero-order valence-electron chi connectivity index (χ0n) is 12.9. The van der Waals surface area contributed by atoms with Crippen LogP contribution in [-0.4, -0.2) is 36.7 Å². The average molecular weight is 333 g/mol. The summed E-state index contributed by atoms with van der Waals surface area (Å²) in [5, 5.41) is 11.3. The van der Waals surface area contributed by atoms with Crippen molar-refractivity contribution >= 4 is 11.9 Å². The first kappa shape index (κ1) is 17.4. The van der Waals surface area contributed by atoms with Gasteiger partial charge >= 0.3 is 5.97 Å². The highest BCUT2D eigenvalue weighted by atomic mass is 19.1. The quantitative estimate of drug-likeness (QED) is 0.813. The molecule has 6 nitrogen and oxygen atoms in total. The molecule has 2 rings (SSSR count). The molecule has 0 heterocycles. The summed E-state index contributed by atoms with van der Waals surface area (Å²) in [5.41, 5.74) is 0.281. The maximum absolute atomic E-state index is 12.8. The summed E-state index contributed by atoms with van der Waals surface area (Å²) in [6, 6.07) is 10.5. The molecule has 126 valence electrons. The number of hydrogen-bond acceptors (Lipinski definition) is 4. The van der Waals surface area contributed by atoms with E-state index in [-0.39, 0.29) is 18.0 Å². The zero-order valence-corrected chi connectivity index (χ0v) is 12.9. The molecule has 0 spiro atoms. The number of carboxylic acid groups (broad SMARTS) is 1. The normalized spacial score (nSPS) is 11.6. The molecule has 0 saturated heterocycles. The lowest BCUT2D eigenvalue weighted by molar-refractivity contribution is -0.140. The lowest BCUT2D eigenvalue weighted by Gasteiger charge is -2.13. The smallest absolute Gasteiger partial charge is 0.328 e. The number of halogens is 1. The Morgan fingerprint density at radius 1 is 1.08 bits per heavy atom. The van der Waals surface area contributed by atoms with Crippen LogP contribution in [0.5, 0.6) is 11.5 Å². The second kappa shape index (κ2) is 8.07. The molecule has 0 aliphatic rings. The van der Waals surface area contributed by atoms with Gasteiger partial charge in [0.15, 0.2) is 6.04 Å². The molecular weight excluding hydrogens is 317 g/mol. The van der Waals surface area contributed by atoms with Gasteiger partial charge in [0.05, 0.1) is 6.61 Å². The summed E-state index contributed by atoms with van der Waals surface area (Å²) in [4.78, 5) is 23.0. The van der Waals surface area contributed by atoms with Gasteiger partial charge in [-0.2, -0.15) is 0 Å². The number of rotatable bonds is 7. The summed E-state index contributed by atoms with van der Waals surface area (Å²) in [5.74, 6) is -1.16. The van der Waals surface area contributed by atoms with E-state index in [9.17, 15) is 14.0 Å². The number of ether oxygens (including phenoxy) is 2. The molecule has 7 heteroatoms. The first-order chi connectivity index (χ1) is 11.5. The molecular formula is C17H16FNO5. The number of carbonyl (C=O) groups excluding carboxylic acids is 1. The van der Waals surface area contributed by atoms with Crippen molar-refractivity contribution in [2.45, 2.75) is 6.04 Å². The molecule has 1 atom stereocenters. The highest BCUT2D eigenvalue weighted by Crippen LogP contribution is 2.21. The topological polar surface area (TPSA) is 84.9 Å². The minimum Gasteiger partial charge on any atom is -0.480 e. The number of hydrogen-bond donors (Lipinski definition) is 2. The van der Waals surface area contributed by atoms with Gasteiger partial charge in [0.1, 0.15) is 17.3 Å². The van der Waals surface area contributed by atoms with Crippen molar-refractivity contribution in [3.8, 4) is 11.5 Å². The van der Waals surface area contributed by atoms with E-state index in [1.165, 1.54) is 43.5 Å². The molecule has 0 unspecified atom stereocenters. The fourth-order valence-corrected chi connectivity index (χ4v) is 1.90. The van der Waals surface area contributed by atoms with Crippen LogP contribution in [0, 0.1) is 5.82 Å². The monoisotopic (exact) mass is 333 g/mol. The van der Waals surface area contributed by atoms with Crippen LogP contribution in [0.2, 0.25) is 0 Å². The largest absolute Gasteiger partial charge is 0.480 e. The van der Waals surface area contributed by atoms with Crippen LogP contribution in [0.25, 0.3) is 0 Å². The molecule has 0 aliphatic heterocycles. The molecule has 0 fully saturated rings. The fourth-order valence-electron chi connectivity index (χ4n) is 1.90. The van der Waals surface area contributed by atoms with Crippen molar-refractivity contribution < 1.29 is 28.6 Å². The number of amides is 1. The summed E-state index contributed by atoms with van der Waals surface area (Å²) < 4.78 is 23.1. The van der Waals surface area contributed by atoms with E-state index >= 15 is 0 Å². The molecule has 1 amide bonds. The highest BCUT2D eigenvalue weighted by molar-refractivity contribution is 5.96. The molecule has 0 aliphatic carbocycles. The molecule has 2 aromatic carbocycles. The van der Waals surface area contributed by atoms with Crippen LogP contribution >= 0.6 is 0 Å². The summed E-state index contributed by atoms with van der Waals surface area (Å²) in [7, 11) is 1.35. The van der Waals surface area contributed by atoms with E-state index in [4.69, 9.17) is 14.6 Å². The number of methoxy groups -OCH3 is 1. The van der Waals surface area contributed by atoms with Crippen LogP contribution in [0.1, 0.15) is 10.4 Å². The second-order valence-electron chi connectivity index (χ2n) is 4.90. The SMILES string of the molecule is COC[C@H](NC(=O)c1ccc(Oc2ccc(F)cc2)cc1)C(=O)O. The Balaban J connectivity index is 2.01. The maximum Gasteiger partial charge on any atom is 0.328 e. The van der Waals surface area contributed by atoms with Crippen LogP contribution < -0.4 is 10.1 Å². The van der Waals surface area contributed by atoms with Crippen molar-refractivity contribution in [3.05, 3.63) is 59.9 Å². The zero-order chi connectivity index (χ0) is 17.5. The maximum atomic E-state index is 12.8. The molecule has 0 radical (unpaired) electrons. The van der Waals surface area contributed by atoms with Crippen LogP contribution in [0.15, 0.2) is 48.5 Å². The summed E-state index contributed by atoms with van der Waals surface area (Å²) in [6.45, 7) is -0.132. The third-order valence-corrected chi connectivity index (χ3v) is 3.10. The molecule has 2 N–H and O–H groups in total.